The lowest BCUT2D eigenvalue weighted by Gasteiger charge is -2.01. The number of pyridine rings is 1. The van der Waals surface area contributed by atoms with Gasteiger partial charge in [-0.1, -0.05) is 0 Å². The molecular weight excluding hydrogens is 234 g/mol. The molecule has 2 rings (SSSR count). The van der Waals surface area contributed by atoms with Crippen molar-refractivity contribution in [3.05, 3.63) is 46.4 Å². The summed E-state index contributed by atoms with van der Waals surface area (Å²) in [5.74, 6) is -0.0931. The molecular formula is C12H13N3OS. The van der Waals surface area contributed by atoms with Crippen molar-refractivity contribution < 1.29 is 4.79 Å². The maximum absolute atomic E-state index is 11.9. The number of amides is 1. The molecule has 0 aliphatic rings. The largest absolute Gasteiger partial charge is 0.330 e. The van der Waals surface area contributed by atoms with Gasteiger partial charge in [0.25, 0.3) is 5.91 Å². The van der Waals surface area contributed by atoms with Gasteiger partial charge in [0, 0.05) is 23.0 Å². The van der Waals surface area contributed by atoms with Gasteiger partial charge >= 0.3 is 0 Å². The Labute approximate surface area is 103 Å². The van der Waals surface area contributed by atoms with Crippen LogP contribution in [0.2, 0.25) is 0 Å². The number of nitrogens with zero attached hydrogens (tertiary/aromatic N) is 1. The molecule has 5 heteroatoms. The Hall–Kier alpha value is -1.72. The number of hydrogen-bond donors (Lipinski definition) is 2. The molecule has 0 radical (unpaired) electrons. The molecule has 0 unspecified atom stereocenters. The summed E-state index contributed by atoms with van der Waals surface area (Å²) in [7, 11) is 0. The second kappa shape index (κ2) is 5.56. The molecule has 2 aromatic rings. The summed E-state index contributed by atoms with van der Waals surface area (Å²) in [6.45, 7) is 0.603. The van der Waals surface area contributed by atoms with E-state index >= 15 is 0 Å². The van der Waals surface area contributed by atoms with Crippen molar-refractivity contribution in [1.29, 1.82) is 0 Å². The van der Waals surface area contributed by atoms with E-state index in [1.807, 2.05) is 12.1 Å². The Morgan fingerprint density at radius 2 is 2.06 bits per heavy atom. The highest BCUT2D eigenvalue weighted by molar-refractivity contribution is 7.14. The molecule has 2 heterocycles. The molecule has 0 atom stereocenters. The molecule has 0 bridgehead atoms. The van der Waals surface area contributed by atoms with Crippen LogP contribution in [0.1, 0.15) is 14.5 Å². The number of hydrogen-bond acceptors (Lipinski definition) is 4. The molecule has 0 spiro atoms. The molecule has 1 amide bonds. The highest BCUT2D eigenvalue weighted by atomic mass is 32.1. The zero-order chi connectivity index (χ0) is 12.1. The van der Waals surface area contributed by atoms with Crippen LogP contribution in [0.3, 0.4) is 0 Å². The highest BCUT2D eigenvalue weighted by Crippen LogP contribution is 2.18. The predicted molar refractivity (Wildman–Crippen MR) is 69.3 cm³/mol. The Morgan fingerprint density at radius 3 is 2.76 bits per heavy atom. The van der Waals surface area contributed by atoms with Gasteiger partial charge in [0.15, 0.2) is 0 Å². The Morgan fingerprint density at radius 1 is 1.29 bits per heavy atom. The number of thiophene rings is 1. The van der Waals surface area contributed by atoms with Gasteiger partial charge in [0.2, 0.25) is 0 Å². The lowest BCUT2D eigenvalue weighted by molar-refractivity contribution is 0.103. The van der Waals surface area contributed by atoms with Crippen LogP contribution in [0.15, 0.2) is 36.7 Å². The van der Waals surface area contributed by atoms with Crippen LogP contribution in [0.4, 0.5) is 5.69 Å². The van der Waals surface area contributed by atoms with Gasteiger partial charge in [-0.15, -0.1) is 11.3 Å². The van der Waals surface area contributed by atoms with E-state index in [1.165, 1.54) is 11.3 Å². The van der Waals surface area contributed by atoms with Crippen molar-refractivity contribution in [3.63, 3.8) is 0 Å². The van der Waals surface area contributed by atoms with Gasteiger partial charge in [-0.25, -0.2) is 0 Å². The predicted octanol–water partition coefficient (Wildman–Crippen LogP) is 1.90. The van der Waals surface area contributed by atoms with Crippen molar-refractivity contribution >= 4 is 22.9 Å². The normalized spacial score (nSPS) is 10.2. The van der Waals surface area contributed by atoms with Crippen molar-refractivity contribution in [1.82, 2.24) is 4.98 Å². The summed E-state index contributed by atoms with van der Waals surface area (Å²) >= 11 is 1.48. The van der Waals surface area contributed by atoms with Crippen LogP contribution in [-0.2, 0) is 6.42 Å². The van der Waals surface area contributed by atoms with Crippen LogP contribution in [0.5, 0.6) is 0 Å². The lowest BCUT2D eigenvalue weighted by atomic mass is 10.3. The van der Waals surface area contributed by atoms with Gasteiger partial charge in [-0.2, -0.15) is 0 Å². The van der Waals surface area contributed by atoms with E-state index in [0.717, 1.165) is 17.0 Å². The molecule has 0 saturated carbocycles. The third kappa shape index (κ3) is 3.12. The summed E-state index contributed by atoms with van der Waals surface area (Å²) in [5.41, 5.74) is 6.22. The maximum Gasteiger partial charge on any atom is 0.265 e. The molecule has 88 valence electrons. The van der Waals surface area contributed by atoms with Gasteiger partial charge in [-0.3, -0.25) is 9.78 Å². The molecule has 2 aromatic heterocycles. The molecule has 3 N–H and O–H groups in total. The zero-order valence-electron chi connectivity index (χ0n) is 9.22. The molecule has 0 fully saturated rings. The van der Waals surface area contributed by atoms with E-state index in [2.05, 4.69) is 10.3 Å². The second-order valence-corrected chi connectivity index (χ2v) is 4.66. The first-order valence-electron chi connectivity index (χ1n) is 5.30. The van der Waals surface area contributed by atoms with E-state index in [9.17, 15) is 4.79 Å². The first-order chi connectivity index (χ1) is 8.29. The summed E-state index contributed by atoms with van der Waals surface area (Å²) < 4.78 is 0. The topological polar surface area (TPSA) is 68.0 Å². The number of rotatable bonds is 4. The third-order valence-corrected chi connectivity index (χ3v) is 3.36. The number of carbonyl (C=O) groups excluding carboxylic acids is 1. The quantitative estimate of drug-likeness (QED) is 0.867. The van der Waals surface area contributed by atoms with Crippen molar-refractivity contribution in [2.75, 3.05) is 11.9 Å². The number of nitrogens with two attached hydrogens (primary N) is 1. The van der Waals surface area contributed by atoms with Gasteiger partial charge in [0.1, 0.15) is 0 Å². The maximum atomic E-state index is 11.9. The van der Waals surface area contributed by atoms with E-state index < -0.39 is 0 Å². The Kier molecular flexibility index (Phi) is 3.85. The second-order valence-electron chi connectivity index (χ2n) is 3.49. The Bertz CT molecular complexity index is 495. The third-order valence-electron chi connectivity index (χ3n) is 2.21. The number of carbonyl (C=O) groups is 1. The van der Waals surface area contributed by atoms with Crippen molar-refractivity contribution in [3.8, 4) is 0 Å². The van der Waals surface area contributed by atoms with Gasteiger partial charge in [0.05, 0.1) is 4.88 Å². The standard InChI is InChI=1S/C12H13N3OS/c13-6-3-10-1-2-11(17-10)12(16)15-9-4-7-14-8-5-9/h1-2,4-5,7-8H,3,6,13H2,(H,14,15,16). The summed E-state index contributed by atoms with van der Waals surface area (Å²) in [5, 5.41) is 2.81. The number of aromatic nitrogens is 1. The fourth-order valence-corrected chi connectivity index (χ4v) is 2.32. The molecule has 0 aromatic carbocycles. The molecule has 17 heavy (non-hydrogen) atoms. The molecule has 0 aliphatic carbocycles. The number of anilines is 1. The highest BCUT2D eigenvalue weighted by Gasteiger charge is 2.08. The van der Waals surface area contributed by atoms with E-state index in [-0.39, 0.29) is 5.91 Å². The van der Waals surface area contributed by atoms with Gasteiger partial charge in [-0.05, 0) is 37.2 Å². The van der Waals surface area contributed by atoms with Crippen LogP contribution < -0.4 is 11.1 Å². The minimum atomic E-state index is -0.0931. The minimum Gasteiger partial charge on any atom is -0.330 e. The number of nitrogens with one attached hydrogen (secondary N) is 1. The summed E-state index contributed by atoms with van der Waals surface area (Å²) in [6, 6.07) is 7.28. The van der Waals surface area contributed by atoms with E-state index in [1.54, 1.807) is 24.5 Å². The van der Waals surface area contributed by atoms with Crippen LogP contribution >= 0.6 is 11.3 Å². The first-order valence-corrected chi connectivity index (χ1v) is 6.11. The molecule has 0 saturated heterocycles. The van der Waals surface area contributed by atoms with Crippen molar-refractivity contribution in [2.45, 2.75) is 6.42 Å². The van der Waals surface area contributed by atoms with Crippen molar-refractivity contribution in [2.24, 2.45) is 5.73 Å². The zero-order valence-corrected chi connectivity index (χ0v) is 10.0. The smallest absolute Gasteiger partial charge is 0.265 e. The van der Waals surface area contributed by atoms with E-state index in [0.29, 0.717) is 11.4 Å². The molecule has 0 aliphatic heterocycles. The monoisotopic (exact) mass is 247 g/mol. The molecule has 4 nitrogen and oxygen atoms in total. The summed E-state index contributed by atoms with van der Waals surface area (Å²) in [6.07, 6.45) is 4.10. The Balaban J connectivity index is 2.04. The average Bonchev–Trinajstić information content (AvgIpc) is 2.79. The fraction of sp³-hybridized carbons (Fsp3) is 0.167. The fourth-order valence-electron chi connectivity index (χ4n) is 1.40. The lowest BCUT2D eigenvalue weighted by Crippen LogP contribution is -2.09. The first kappa shape index (κ1) is 11.8. The minimum absolute atomic E-state index is 0.0931. The summed E-state index contributed by atoms with van der Waals surface area (Å²) in [4.78, 5) is 17.6. The average molecular weight is 247 g/mol. The SMILES string of the molecule is NCCc1ccc(C(=O)Nc2ccncc2)s1. The van der Waals surface area contributed by atoms with Crippen LogP contribution in [0.25, 0.3) is 0 Å². The van der Waals surface area contributed by atoms with Crippen LogP contribution in [-0.4, -0.2) is 17.4 Å². The van der Waals surface area contributed by atoms with E-state index in [4.69, 9.17) is 5.73 Å². The van der Waals surface area contributed by atoms with Gasteiger partial charge < -0.3 is 11.1 Å². The van der Waals surface area contributed by atoms with Crippen LogP contribution in [0, 0.1) is 0 Å².